The highest BCUT2D eigenvalue weighted by atomic mass is 32.2. The van der Waals surface area contributed by atoms with Gasteiger partial charge in [-0.2, -0.15) is 4.31 Å². The molecule has 2 atom stereocenters. The first kappa shape index (κ1) is 21.3. The van der Waals surface area contributed by atoms with Crippen LogP contribution in [0, 0.1) is 6.92 Å². The lowest BCUT2D eigenvalue weighted by atomic mass is 10.0. The van der Waals surface area contributed by atoms with Crippen molar-refractivity contribution in [1.82, 2.24) is 9.62 Å². The van der Waals surface area contributed by atoms with E-state index in [1.165, 1.54) is 4.31 Å². The molecule has 0 saturated carbocycles. The van der Waals surface area contributed by atoms with Crippen LogP contribution < -0.4 is 11.1 Å². The molecule has 1 heterocycles. The molecule has 0 unspecified atom stereocenters. The third-order valence-electron chi connectivity index (χ3n) is 5.00. The lowest BCUT2D eigenvalue weighted by Gasteiger charge is -2.34. The number of rotatable bonds is 6. The maximum atomic E-state index is 13.0. The molecule has 0 spiro atoms. The summed E-state index contributed by atoms with van der Waals surface area (Å²) >= 11 is 0. The highest BCUT2D eigenvalue weighted by Crippen LogP contribution is 2.26. The van der Waals surface area contributed by atoms with Gasteiger partial charge in [0.05, 0.1) is 11.1 Å². The van der Waals surface area contributed by atoms with Crippen LogP contribution in [0.4, 0.5) is 4.79 Å². The first-order chi connectivity index (χ1) is 13.9. The van der Waals surface area contributed by atoms with Crippen molar-refractivity contribution in [2.24, 2.45) is 5.73 Å². The largest absolute Gasteiger partial charge is 0.429 e. The Morgan fingerprint density at radius 1 is 1.17 bits per heavy atom. The molecule has 1 fully saturated rings. The Balaban J connectivity index is 1.64. The summed E-state index contributed by atoms with van der Waals surface area (Å²) in [6.45, 7) is 2.29. The second-order valence-electron chi connectivity index (χ2n) is 7.17. The minimum Gasteiger partial charge on any atom is -0.429 e. The van der Waals surface area contributed by atoms with E-state index in [0.717, 1.165) is 24.0 Å². The molecule has 3 N–H and O–H groups in total. The van der Waals surface area contributed by atoms with Gasteiger partial charge in [0, 0.05) is 13.0 Å². The fourth-order valence-electron chi connectivity index (χ4n) is 3.43. The summed E-state index contributed by atoms with van der Waals surface area (Å²) in [6.07, 6.45) is 0.219. The molecule has 0 radical (unpaired) electrons. The zero-order chi connectivity index (χ0) is 20.9. The van der Waals surface area contributed by atoms with Crippen molar-refractivity contribution < 1.29 is 17.9 Å². The number of nitrogens with two attached hydrogens (primary N) is 1. The Labute approximate surface area is 171 Å². The quantitative estimate of drug-likeness (QED) is 0.704. The summed E-state index contributed by atoms with van der Waals surface area (Å²) in [5, 5.41) is 2.61. The third kappa shape index (κ3) is 5.35. The Morgan fingerprint density at radius 3 is 2.59 bits per heavy atom. The van der Waals surface area contributed by atoms with Crippen LogP contribution in [0.3, 0.4) is 0 Å². The van der Waals surface area contributed by atoms with E-state index in [9.17, 15) is 13.2 Å². The van der Waals surface area contributed by atoms with Crippen molar-refractivity contribution in [3.63, 3.8) is 0 Å². The molecule has 29 heavy (non-hydrogen) atoms. The average molecular weight is 418 g/mol. The summed E-state index contributed by atoms with van der Waals surface area (Å²) in [6, 6.07) is 16.0. The van der Waals surface area contributed by atoms with Crippen molar-refractivity contribution >= 4 is 16.1 Å². The van der Waals surface area contributed by atoms with E-state index in [-0.39, 0.29) is 4.90 Å². The van der Waals surface area contributed by atoms with Crippen LogP contribution >= 0.6 is 0 Å². The van der Waals surface area contributed by atoms with Crippen molar-refractivity contribution in [2.75, 3.05) is 6.54 Å². The summed E-state index contributed by atoms with van der Waals surface area (Å²) < 4.78 is 32.7. The fraction of sp³-hybridized carbons (Fsp3) is 0.381. The van der Waals surface area contributed by atoms with Crippen molar-refractivity contribution in [2.45, 2.75) is 49.9 Å². The number of piperidine rings is 1. The predicted molar refractivity (Wildman–Crippen MR) is 110 cm³/mol. The lowest BCUT2D eigenvalue weighted by molar-refractivity contribution is 0.00825. The highest BCUT2D eigenvalue weighted by Gasteiger charge is 2.36. The van der Waals surface area contributed by atoms with Crippen LogP contribution in [0.1, 0.15) is 30.4 Å². The topological polar surface area (TPSA) is 102 Å². The van der Waals surface area contributed by atoms with E-state index in [1.807, 2.05) is 31.2 Å². The standard InChI is InChI=1S/C21H27N3O4S/c1-16-9-5-6-10-17(16)15-19(22)23-21(25)28-20-13-7-8-14-24(20)29(26,27)18-11-3-2-4-12-18/h2-6,9-12,19-20H,7-8,13-15,22H2,1H3,(H,23,25)/t19-,20-/m0/s1. The molecular weight excluding hydrogens is 390 g/mol. The van der Waals surface area contributed by atoms with Gasteiger partial charge in [-0.05, 0) is 49.4 Å². The number of carbonyl (C=O) groups is 1. The number of hydrogen-bond donors (Lipinski definition) is 2. The van der Waals surface area contributed by atoms with Gasteiger partial charge in [0.1, 0.15) is 0 Å². The van der Waals surface area contributed by atoms with Gasteiger partial charge < -0.3 is 15.8 Å². The zero-order valence-electron chi connectivity index (χ0n) is 16.5. The minimum atomic E-state index is -3.74. The number of nitrogens with zero attached hydrogens (tertiary/aromatic N) is 1. The smallest absolute Gasteiger partial charge is 0.409 e. The molecule has 1 aliphatic heterocycles. The van der Waals surface area contributed by atoms with Crippen LogP contribution in [0.2, 0.25) is 0 Å². The van der Waals surface area contributed by atoms with E-state index in [2.05, 4.69) is 5.32 Å². The van der Waals surface area contributed by atoms with E-state index in [0.29, 0.717) is 19.4 Å². The predicted octanol–water partition coefficient (Wildman–Crippen LogP) is 2.75. The van der Waals surface area contributed by atoms with Gasteiger partial charge in [-0.3, -0.25) is 0 Å². The number of carbonyl (C=O) groups excluding carboxylic acids is 1. The molecule has 1 saturated heterocycles. The number of hydrogen-bond acceptors (Lipinski definition) is 5. The number of alkyl carbamates (subject to hydrolysis) is 1. The molecule has 3 rings (SSSR count). The monoisotopic (exact) mass is 417 g/mol. The number of amides is 1. The van der Waals surface area contributed by atoms with E-state index < -0.39 is 28.5 Å². The molecular formula is C21H27N3O4S. The van der Waals surface area contributed by atoms with Gasteiger partial charge in [0.25, 0.3) is 0 Å². The summed E-state index contributed by atoms with van der Waals surface area (Å²) in [7, 11) is -3.74. The molecule has 2 aromatic rings. The van der Waals surface area contributed by atoms with Crippen LogP contribution in [0.25, 0.3) is 0 Å². The molecule has 0 aliphatic carbocycles. The van der Waals surface area contributed by atoms with Crippen molar-refractivity contribution in [1.29, 1.82) is 0 Å². The summed E-state index contributed by atoms with van der Waals surface area (Å²) in [4.78, 5) is 12.6. The van der Waals surface area contributed by atoms with Gasteiger partial charge in [-0.25, -0.2) is 13.2 Å². The number of benzene rings is 2. The Morgan fingerprint density at radius 2 is 1.86 bits per heavy atom. The average Bonchev–Trinajstić information content (AvgIpc) is 2.70. The molecule has 0 aromatic heterocycles. The molecule has 1 amide bonds. The zero-order valence-corrected chi connectivity index (χ0v) is 17.3. The van der Waals surface area contributed by atoms with Crippen molar-refractivity contribution in [3.8, 4) is 0 Å². The van der Waals surface area contributed by atoms with Gasteiger partial charge in [0.2, 0.25) is 10.0 Å². The molecule has 2 aromatic carbocycles. The van der Waals surface area contributed by atoms with Gasteiger partial charge in [-0.15, -0.1) is 0 Å². The fourth-order valence-corrected chi connectivity index (χ4v) is 5.03. The Kier molecular flexibility index (Phi) is 6.89. The summed E-state index contributed by atoms with van der Waals surface area (Å²) in [5.41, 5.74) is 8.17. The first-order valence-electron chi connectivity index (χ1n) is 9.72. The lowest BCUT2D eigenvalue weighted by Crippen LogP contribution is -2.50. The van der Waals surface area contributed by atoms with Gasteiger partial charge >= 0.3 is 6.09 Å². The number of aryl methyl sites for hydroxylation is 1. The first-order valence-corrected chi connectivity index (χ1v) is 11.2. The van der Waals surface area contributed by atoms with E-state index in [1.54, 1.807) is 30.3 Å². The van der Waals surface area contributed by atoms with Crippen molar-refractivity contribution in [3.05, 3.63) is 65.7 Å². The third-order valence-corrected chi connectivity index (χ3v) is 6.90. The molecule has 7 nitrogen and oxygen atoms in total. The van der Waals surface area contributed by atoms with Crippen LogP contribution in [0.15, 0.2) is 59.5 Å². The van der Waals surface area contributed by atoms with Crippen LogP contribution in [0.5, 0.6) is 0 Å². The van der Waals surface area contributed by atoms with E-state index >= 15 is 0 Å². The van der Waals surface area contributed by atoms with Gasteiger partial charge in [0.15, 0.2) is 6.23 Å². The molecule has 8 heteroatoms. The summed E-state index contributed by atoms with van der Waals surface area (Å²) in [5.74, 6) is 0. The molecule has 1 aliphatic rings. The Bertz CT molecular complexity index is 934. The minimum absolute atomic E-state index is 0.187. The number of nitrogens with one attached hydrogen (secondary N) is 1. The van der Waals surface area contributed by atoms with Gasteiger partial charge in [-0.1, -0.05) is 42.5 Å². The normalized spacial score (nSPS) is 18.8. The highest BCUT2D eigenvalue weighted by molar-refractivity contribution is 7.89. The SMILES string of the molecule is Cc1ccccc1C[C@@H](N)NC(=O)O[C@H]1CCCCN1S(=O)(=O)c1ccccc1. The van der Waals surface area contributed by atoms with Crippen LogP contribution in [-0.4, -0.2) is 37.8 Å². The number of ether oxygens (including phenoxy) is 1. The van der Waals surface area contributed by atoms with E-state index in [4.69, 9.17) is 10.5 Å². The molecule has 156 valence electrons. The van der Waals surface area contributed by atoms with Crippen LogP contribution in [-0.2, 0) is 21.2 Å². The Hall–Kier alpha value is -2.42. The number of sulfonamides is 1. The second kappa shape index (κ2) is 9.39. The molecule has 0 bridgehead atoms. The maximum absolute atomic E-state index is 13.0. The second-order valence-corrected chi connectivity index (χ2v) is 9.06. The maximum Gasteiger partial charge on any atom is 0.409 e.